The molecule has 0 N–H and O–H groups in total. The molecule has 0 amide bonds. The number of fused-ring (bicyclic) bond motifs is 1. The molecule has 2 saturated heterocycles. The number of imidazole rings is 1. The highest BCUT2D eigenvalue weighted by Crippen LogP contribution is 2.31. The summed E-state index contributed by atoms with van der Waals surface area (Å²) >= 11 is 2.12. The molecule has 0 bridgehead atoms. The highest BCUT2D eigenvalue weighted by atomic mass is 32.2. The first-order valence-electron chi connectivity index (χ1n) is 8.43. The third-order valence-corrected chi connectivity index (χ3v) is 6.16. The molecule has 5 heteroatoms. The fourth-order valence-corrected chi connectivity index (χ4v) is 4.92. The molecule has 2 aliphatic rings. The van der Waals surface area contributed by atoms with Crippen LogP contribution in [0, 0.1) is 0 Å². The average molecular weight is 317 g/mol. The second-order valence-electron chi connectivity index (χ2n) is 6.28. The Kier molecular flexibility index (Phi) is 4.35. The lowest BCUT2D eigenvalue weighted by atomic mass is 10.1. The predicted octanol–water partition coefficient (Wildman–Crippen LogP) is 3.61. The number of ether oxygens (including phenoxy) is 1. The molecule has 0 aromatic carbocycles. The molecule has 22 heavy (non-hydrogen) atoms. The number of nitrogens with zero attached hydrogens (tertiary/aromatic N) is 3. The van der Waals surface area contributed by atoms with Crippen LogP contribution in [-0.2, 0) is 11.2 Å². The second kappa shape index (κ2) is 6.59. The first-order valence-corrected chi connectivity index (χ1v) is 9.48. The van der Waals surface area contributed by atoms with E-state index in [-0.39, 0.29) is 0 Å². The Balaban J connectivity index is 1.68. The maximum atomic E-state index is 5.54. The van der Waals surface area contributed by atoms with Crippen molar-refractivity contribution in [1.29, 1.82) is 0 Å². The molecule has 0 saturated carbocycles. The Morgan fingerprint density at radius 1 is 1.23 bits per heavy atom. The zero-order valence-electron chi connectivity index (χ0n) is 12.9. The van der Waals surface area contributed by atoms with Crippen molar-refractivity contribution in [2.45, 2.75) is 49.8 Å². The maximum Gasteiger partial charge on any atom is 0.160 e. The van der Waals surface area contributed by atoms with E-state index in [1.807, 2.05) is 12.3 Å². The number of rotatable bonds is 3. The van der Waals surface area contributed by atoms with Crippen LogP contribution >= 0.6 is 11.8 Å². The van der Waals surface area contributed by atoms with Crippen LogP contribution in [0.2, 0.25) is 0 Å². The van der Waals surface area contributed by atoms with Crippen molar-refractivity contribution in [3.8, 4) is 0 Å². The van der Waals surface area contributed by atoms with E-state index in [1.54, 1.807) is 0 Å². The van der Waals surface area contributed by atoms with Crippen molar-refractivity contribution >= 4 is 22.9 Å². The molecule has 4 nitrogen and oxygen atoms in total. The summed E-state index contributed by atoms with van der Waals surface area (Å²) in [6, 6.07) is 4.58. The van der Waals surface area contributed by atoms with E-state index in [0.29, 0.717) is 6.04 Å². The molecule has 118 valence electrons. The number of aromatic nitrogens is 3. The molecule has 0 radical (unpaired) electrons. The molecule has 2 aromatic rings. The fourth-order valence-electron chi connectivity index (χ4n) is 3.62. The summed E-state index contributed by atoms with van der Waals surface area (Å²) in [5.74, 6) is 2.54. The smallest absolute Gasteiger partial charge is 0.160 e. The summed E-state index contributed by atoms with van der Waals surface area (Å²) in [4.78, 5) is 9.55. The van der Waals surface area contributed by atoms with Gasteiger partial charge < -0.3 is 9.30 Å². The minimum Gasteiger partial charge on any atom is -0.381 e. The summed E-state index contributed by atoms with van der Waals surface area (Å²) in [6.07, 6.45) is 9.19. The SMILES string of the molecule is c1cnc2c(c1)nc(CC1CCCCS1)n2C1CCOCC1. The lowest BCUT2D eigenvalue weighted by Crippen LogP contribution is -2.23. The fraction of sp³-hybridized carbons (Fsp3) is 0.647. The number of hydrogen-bond donors (Lipinski definition) is 0. The summed E-state index contributed by atoms with van der Waals surface area (Å²) in [5, 5.41) is 0.726. The predicted molar refractivity (Wildman–Crippen MR) is 90.4 cm³/mol. The molecule has 4 heterocycles. The number of hydrogen-bond acceptors (Lipinski definition) is 4. The summed E-state index contributed by atoms with van der Waals surface area (Å²) in [6.45, 7) is 1.71. The topological polar surface area (TPSA) is 39.9 Å². The third kappa shape index (κ3) is 2.88. The van der Waals surface area contributed by atoms with Gasteiger partial charge in [0.05, 0.1) is 0 Å². The minimum absolute atomic E-state index is 0.497. The van der Waals surface area contributed by atoms with Gasteiger partial charge in [0, 0.05) is 37.1 Å². The van der Waals surface area contributed by atoms with Crippen LogP contribution in [0.4, 0.5) is 0 Å². The lowest BCUT2D eigenvalue weighted by molar-refractivity contribution is 0.0697. The van der Waals surface area contributed by atoms with E-state index < -0.39 is 0 Å². The van der Waals surface area contributed by atoms with Gasteiger partial charge in [-0.15, -0.1) is 0 Å². The van der Waals surface area contributed by atoms with Gasteiger partial charge in [0.1, 0.15) is 11.3 Å². The Morgan fingerprint density at radius 3 is 2.95 bits per heavy atom. The molecule has 0 aliphatic carbocycles. The van der Waals surface area contributed by atoms with Crippen LogP contribution in [0.5, 0.6) is 0 Å². The third-order valence-electron chi connectivity index (χ3n) is 4.76. The molecule has 4 rings (SSSR count). The highest BCUT2D eigenvalue weighted by Gasteiger charge is 2.24. The van der Waals surface area contributed by atoms with Crippen molar-refractivity contribution in [1.82, 2.24) is 14.5 Å². The molecule has 1 unspecified atom stereocenters. The molecular weight excluding hydrogens is 294 g/mol. The van der Waals surface area contributed by atoms with E-state index in [0.717, 1.165) is 48.9 Å². The van der Waals surface area contributed by atoms with Crippen LogP contribution in [0.1, 0.15) is 44.0 Å². The van der Waals surface area contributed by atoms with Gasteiger partial charge >= 0.3 is 0 Å². The Labute approximate surface area is 135 Å². The van der Waals surface area contributed by atoms with Gasteiger partial charge in [-0.25, -0.2) is 9.97 Å². The second-order valence-corrected chi connectivity index (χ2v) is 7.69. The molecule has 1 atom stereocenters. The largest absolute Gasteiger partial charge is 0.381 e. The average Bonchev–Trinajstić information content (AvgIpc) is 2.94. The van der Waals surface area contributed by atoms with Gasteiger partial charge in [0.2, 0.25) is 0 Å². The maximum absolute atomic E-state index is 5.54. The van der Waals surface area contributed by atoms with E-state index in [4.69, 9.17) is 9.72 Å². The summed E-state index contributed by atoms with van der Waals surface area (Å²) < 4.78 is 7.97. The minimum atomic E-state index is 0.497. The van der Waals surface area contributed by atoms with Gasteiger partial charge in [-0.2, -0.15) is 11.8 Å². The van der Waals surface area contributed by atoms with Crippen LogP contribution < -0.4 is 0 Å². The highest BCUT2D eigenvalue weighted by molar-refractivity contribution is 7.99. The summed E-state index contributed by atoms with van der Waals surface area (Å²) in [7, 11) is 0. The molecule has 2 aromatic heterocycles. The number of pyridine rings is 1. The van der Waals surface area contributed by atoms with Crippen LogP contribution in [0.25, 0.3) is 11.2 Å². The van der Waals surface area contributed by atoms with Gasteiger partial charge in [-0.1, -0.05) is 6.42 Å². The van der Waals surface area contributed by atoms with Crippen molar-refractivity contribution in [3.63, 3.8) is 0 Å². The lowest BCUT2D eigenvalue weighted by Gasteiger charge is -2.27. The van der Waals surface area contributed by atoms with Gasteiger partial charge in [-0.05, 0) is 43.6 Å². The number of thioether (sulfide) groups is 1. The Hall–Kier alpha value is -1.07. The van der Waals surface area contributed by atoms with Gasteiger partial charge in [0.15, 0.2) is 5.65 Å². The van der Waals surface area contributed by atoms with Crippen LogP contribution in [0.15, 0.2) is 18.3 Å². The van der Waals surface area contributed by atoms with Crippen molar-refractivity contribution in [2.75, 3.05) is 19.0 Å². The summed E-state index contributed by atoms with van der Waals surface area (Å²) in [5.41, 5.74) is 2.11. The van der Waals surface area contributed by atoms with Crippen LogP contribution in [0.3, 0.4) is 0 Å². The molecule has 2 aliphatic heterocycles. The monoisotopic (exact) mass is 317 g/mol. The Bertz CT molecular complexity index is 630. The van der Waals surface area contributed by atoms with Crippen molar-refractivity contribution in [2.24, 2.45) is 0 Å². The van der Waals surface area contributed by atoms with Crippen LogP contribution in [-0.4, -0.2) is 38.8 Å². The quantitative estimate of drug-likeness (QED) is 0.867. The van der Waals surface area contributed by atoms with E-state index in [9.17, 15) is 0 Å². The van der Waals surface area contributed by atoms with E-state index in [1.165, 1.54) is 30.8 Å². The first kappa shape index (κ1) is 14.5. The van der Waals surface area contributed by atoms with E-state index >= 15 is 0 Å². The normalized spacial score (nSPS) is 23.9. The molecule has 0 spiro atoms. The molecular formula is C17H23N3OS. The molecule has 2 fully saturated rings. The van der Waals surface area contributed by atoms with Gasteiger partial charge in [-0.3, -0.25) is 0 Å². The standard InChI is InChI=1S/C17H23N3OS/c1-2-11-22-14(4-1)12-16-19-15-5-3-8-18-17(15)20(16)13-6-9-21-10-7-13/h3,5,8,13-14H,1-2,4,6-7,9-12H2. The Morgan fingerprint density at radius 2 is 2.14 bits per heavy atom. The first-order chi connectivity index (χ1) is 10.9. The van der Waals surface area contributed by atoms with Gasteiger partial charge in [0.25, 0.3) is 0 Å². The van der Waals surface area contributed by atoms with Crippen molar-refractivity contribution < 1.29 is 4.74 Å². The van der Waals surface area contributed by atoms with Crippen molar-refractivity contribution in [3.05, 3.63) is 24.2 Å². The zero-order valence-corrected chi connectivity index (χ0v) is 13.7. The van der Waals surface area contributed by atoms with E-state index in [2.05, 4.69) is 27.4 Å². The zero-order chi connectivity index (χ0) is 14.8.